The molecule has 2 aromatic rings. The van der Waals surface area contributed by atoms with Crippen LogP contribution in [-0.4, -0.2) is 33.2 Å². The summed E-state index contributed by atoms with van der Waals surface area (Å²) in [5, 5.41) is 8.72. The van der Waals surface area contributed by atoms with Gasteiger partial charge in [0.25, 0.3) is 5.91 Å². The second kappa shape index (κ2) is 6.63. The van der Waals surface area contributed by atoms with Crippen LogP contribution < -0.4 is 5.32 Å². The number of amides is 1. The van der Waals surface area contributed by atoms with Gasteiger partial charge in [0.15, 0.2) is 0 Å². The first-order chi connectivity index (χ1) is 12.5. The molecule has 136 valence electrons. The Hall–Kier alpha value is -1.98. The van der Waals surface area contributed by atoms with E-state index in [0.717, 1.165) is 36.5 Å². The van der Waals surface area contributed by atoms with Crippen molar-refractivity contribution in [3.8, 4) is 0 Å². The van der Waals surface area contributed by atoms with E-state index < -0.39 is 0 Å². The monoisotopic (exact) mass is 390 g/mol. The second-order valence-corrected chi connectivity index (χ2v) is 7.70. The van der Waals surface area contributed by atoms with Gasteiger partial charge in [0.1, 0.15) is 11.9 Å². The van der Waals surface area contributed by atoms with Crippen LogP contribution in [0.3, 0.4) is 0 Å². The van der Waals surface area contributed by atoms with E-state index in [0.29, 0.717) is 15.6 Å². The molecule has 3 heterocycles. The highest BCUT2D eigenvalue weighted by atomic mass is 35.5. The molecule has 4 rings (SSSR count). The number of benzene rings is 1. The second-order valence-electron chi connectivity index (χ2n) is 6.89. The molecule has 1 fully saturated rings. The highest BCUT2D eigenvalue weighted by Crippen LogP contribution is 2.39. The summed E-state index contributed by atoms with van der Waals surface area (Å²) in [5.41, 5.74) is 2.44. The van der Waals surface area contributed by atoms with Gasteiger partial charge in [-0.05, 0) is 44.4 Å². The Morgan fingerprint density at radius 1 is 1.27 bits per heavy atom. The number of halogens is 2. The van der Waals surface area contributed by atoms with Crippen LogP contribution >= 0.6 is 23.2 Å². The van der Waals surface area contributed by atoms with Gasteiger partial charge in [-0.3, -0.25) is 4.79 Å². The lowest BCUT2D eigenvalue weighted by molar-refractivity contribution is -0.128. The fraction of sp³-hybridized carbons (Fsp3) is 0.368. The molecular formula is C19H20Cl2N4O. The summed E-state index contributed by atoms with van der Waals surface area (Å²) in [4.78, 5) is 15.4. The van der Waals surface area contributed by atoms with Gasteiger partial charge in [-0.15, -0.1) is 0 Å². The van der Waals surface area contributed by atoms with Crippen LogP contribution in [0.15, 0.2) is 41.7 Å². The van der Waals surface area contributed by atoms with Gasteiger partial charge in [-0.1, -0.05) is 29.3 Å². The molecule has 1 amide bonds. The average molecular weight is 391 g/mol. The first-order valence-electron chi connectivity index (χ1n) is 8.74. The smallest absolute Gasteiger partial charge is 0.254 e. The van der Waals surface area contributed by atoms with Gasteiger partial charge < -0.3 is 10.2 Å². The first-order valence-corrected chi connectivity index (χ1v) is 9.50. The van der Waals surface area contributed by atoms with Gasteiger partial charge in [0, 0.05) is 24.4 Å². The van der Waals surface area contributed by atoms with Gasteiger partial charge in [-0.25, -0.2) is 4.68 Å². The van der Waals surface area contributed by atoms with E-state index in [1.165, 1.54) is 0 Å². The number of carbonyl (C=O) groups excluding carboxylic acids is 1. The molecule has 1 aromatic carbocycles. The fourth-order valence-corrected chi connectivity index (χ4v) is 4.17. The number of aromatic nitrogens is 2. The normalized spacial score (nSPS) is 22.4. The zero-order chi connectivity index (χ0) is 18.4. The van der Waals surface area contributed by atoms with E-state index in [2.05, 4.69) is 17.3 Å². The summed E-state index contributed by atoms with van der Waals surface area (Å²) in [6, 6.07) is 7.30. The van der Waals surface area contributed by atoms with Crippen LogP contribution in [0.2, 0.25) is 10.0 Å². The number of likely N-dealkylation sites (tertiary alicyclic amines) is 1. The molecule has 2 aliphatic heterocycles. The minimum atomic E-state index is -0.337. The molecular weight excluding hydrogens is 371 g/mol. The number of nitrogens with zero attached hydrogens (tertiary/aromatic N) is 3. The number of fused-ring (bicyclic) bond motifs is 1. The number of anilines is 1. The number of rotatable bonds is 2. The van der Waals surface area contributed by atoms with E-state index in [4.69, 9.17) is 23.2 Å². The van der Waals surface area contributed by atoms with Gasteiger partial charge in [-0.2, -0.15) is 5.10 Å². The van der Waals surface area contributed by atoms with E-state index in [1.54, 1.807) is 12.3 Å². The predicted octanol–water partition coefficient (Wildman–Crippen LogP) is 4.49. The lowest BCUT2D eigenvalue weighted by Gasteiger charge is -2.33. The third-order valence-electron chi connectivity index (χ3n) is 5.21. The summed E-state index contributed by atoms with van der Waals surface area (Å²) in [6.07, 6.45) is 3.80. The minimum absolute atomic E-state index is 0.0530. The van der Waals surface area contributed by atoms with Crippen molar-refractivity contribution in [1.29, 1.82) is 0 Å². The number of hydrogen-bond acceptors (Lipinski definition) is 3. The zero-order valence-electron chi connectivity index (χ0n) is 14.7. The SMILES string of the molecule is CC1=C(C(=O)N2CCCC2C)C(c2ccc(Cl)c(Cl)c2)n2nccc2N1. The molecule has 0 bridgehead atoms. The Morgan fingerprint density at radius 2 is 2.08 bits per heavy atom. The predicted molar refractivity (Wildman–Crippen MR) is 104 cm³/mol. The molecule has 0 aliphatic carbocycles. The highest BCUT2D eigenvalue weighted by molar-refractivity contribution is 6.42. The average Bonchev–Trinajstić information content (AvgIpc) is 3.24. The molecule has 2 aliphatic rings. The molecule has 5 nitrogen and oxygen atoms in total. The molecule has 7 heteroatoms. The van der Waals surface area contributed by atoms with Gasteiger partial charge >= 0.3 is 0 Å². The lowest BCUT2D eigenvalue weighted by Crippen LogP contribution is -2.39. The molecule has 2 unspecified atom stereocenters. The molecule has 0 saturated carbocycles. The van der Waals surface area contributed by atoms with Crippen molar-refractivity contribution < 1.29 is 4.79 Å². The van der Waals surface area contributed by atoms with E-state index in [9.17, 15) is 4.79 Å². The highest BCUT2D eigenvalue weighted by Gasteiger charge is 2.37. The Labute approximate surface area is 162 Å². The Bertz CT molecular complexity index is 905. The largest absolute Gasteiger partial charge is 0.344 e. The van der Waals surface area contributed by atoms with Crippen LogP contribution in [0.5, 0.6) is 0 Å². The van der Waals surface area contributed by atoms with Crippen LogP contribution in [0.1, 0.15) is 38.3 Å². The van der Waals surface area contributed by atoms with Crippen molar-refractivity contribution in [2.45, 2.75) is 38.8 Å². The molecule has 1 aromatic heterocycles. The summed E-state index contributed by atoms with van der Waals surface area (Å²) < 4.78 is 1.83. The quantitative estimate of drug-likeness (QED) is 0.821. The van der Waals surface area contributed by atoms with E-state index in [1.807, 2.05) is 34.7 Å². The van der Waals surface area contributed by atoms with Crippen molar-refractivity contribution in [3.05, 3.63) is 57.3 Å². The molecule has 1 N–H and O–H groups in total. The molecule has 1 saturated heterocycles. The van der Waals surface area contributed by atoms with Gasteiger partial charge in [0.05, 0.1) is 21.8 Å². The van der Waals surface area contributed by atoms with Crippen LogP contribution in [0, 0.1) is 0 Å². The minimum Gasteiger partial charge on any atom is -0.344 e. The van der Waals surface area contributed by atoms with E-state index in [-0.39, 0.29) is 18.0 Å². The molecule has 26 heavy (non-hydrogen) atoms. The zero-order valence-corrected chi connectivity index (χ0v) is 16.2. The third-order valence-corrected chi connectivity index (χ3v) is 5.95. The number of carbonyl (C=O) groups is 1. The van der Waals surface area contributed by atoms with Crippen molar-refractivity contribution in [1.82, 2.24) is 14.7 Å². The Morgan fingerprint density at radius 3 is 2.77 bits per heavy atom. The summed E-state index contributed by atoms with van der Waals surface area (Å²) in [5.74, 6) is 0.904. The van der Waals surface area contributed by atoms with Crippen LogP contribution in [0.25, 0.3) is 0 Å². The Balaban J connectivity index is 1.84. The van der Waals surface area contributed by atoms with Crippen molar-refractivity contribution >= 4 is 34.9 Å². The van der Waals surface area contributed by atoms with Crippen molar-refractivity contribution in [3.63, 3.8) is 0 Å². The number of hydrogen-bond donors (Lipinski definition) is 1. The third kappa shape index (κ3) is 2.79. The maximum Gasteiger partial charge on any atom is 0.254 e. The molecule has 0 radical (unpaired) electrons. The molecule has 0 spiro atoms. The maximum atomic E-state index is 13.4. The van der Waals surface area contributed by atoms with Gasteiger partial charge in [0.2, 0.25) is 0 Å². The summed E-state index contributed by atoms with van der Waals surface area (Å²) in [7, 11) is 0. The summed E-state index contributed by atoms with van der Waals surface area (Å²) in [6.45, 7) is 4.83. The summed E-state index contributed by atoms with van der Waals surface area (Å²) >= 11 is 12.4. The number of allylic oxidation sites excluding steroid dienone is 1. The first kappa shape index (κ1) is 17.4. The van der Waals surface area contributed by atoms with Crippen LogP contribution in [-0.2, 0) is 4.79 Å². The van der Waals surface area contributed by atoms with Crippen LogP contribution in [0.4, 0.5) is 5.82 Å². The fourth-order valence-electron chi connectivity index (χ4n) is 3.86. The number of nitrogens with one attached hydrogen (secondary N) is 1. The molecule has 2 atom stereocenters. The standard InChI is InChI=1S/C19H20Cl2N4O/c1-11-4-3-9-24(11)19(26)17-12(2)23-16-7-8-22-25(16)18(17)13-5-6-14(20)15(21)10-13/h5-8,10-11,18,23H,3-4,9H2,1-2H3. The van der Waals surface area contributed by atoms with Crippen molar-refractivity contribution in [2.75, 3.05) is 11.9 Å². The maximum absolute atomic E-state index is 13.4. The van der Waals surface area contributed by atoms with E-state index >= 15 is 0 Å². The Kier molecular flexibility index (Phi) is 4.45. The topological polar surface area (TPSA) is 50.2 Å². The lowest BCUT2D eigenvalue weighted by atomic mass is 9.94. The van der Waals surface area contributed by atoms with Crippen molar-refractivity contribution in [2.24, 2.45) is 0 Å².